The first-order valence-electron chi connectivity index (χ1n) is 8.68. The van der Waals surface area contributed by atoms with Crippen LogP contribution in [0.1, 0.15) is 48.2 Å². The number of carbonyl (C=O) groups is 2. The molecule has 1 aliphatic rings. The topological polar surface area (TPSA) is 103 Å². The molecule has 0 saturated heterocycles. The number of rotatable bonds is 5. The molecular weight excluding hydrogens is 318 g/mol. The highest BCUT2D eigenvalue weighted by Gasteiger charge is 2.30. The van der Waals surface area contributed by atoms with E-state index in [0.717, 1.165) is 37.7 Å². The van der Waals surface area contributed by atoms with E-state index in [0.29, 0.717) is 6.54 Å². The number of aromatic nitrogens is 3. The normalized spacial score (nSPS) is 20.6. The van der Waals surface area contributed by atoms with E-state index in [-0.39, 0.29) is 29.5 Å². The molecule has 132 valence electrons. The quantitative estimate of drug-likeness (QED) is 0.804. The van der Waals surface area contributed by atoms with Crippen LogP contribution >= 0.6 is 0 Å². The van der Waals surface area contributed by atoms with Gasteiger partial charge in [-0.25, -0.2) is 4.68 Å². The van der Waals surface area contributed by atoms with Gasteiger partial charge in [0.05, 0.1) is 18.7 Å². The number of nitrogens with zero attached hydrogens (tertiary/aromatic N) is 3. The highest BCUT2D eigenvalue weighted by atomic mass is 16.2. The van der Waals surface area contributed by atoms with Gasteiger partial charge in [-0.3, -0.25) is 9.59 Å². The van der Waals surface area contributed by atoms with Gasteiger partial charge in [-0.15, -0.1) is 5.10 Å². The minimum absolute atomic E-state index is 0.230. The Morgan fingerprint density at radius 1 is 1.16 bits per heavy atom. The van der Waals surface area contributed by atoms with E-state index in [1.54, 1.807) is 10.9 Å². The van der Waals surface area contributed by atoms with Crippen LogP contribution in [0, 0.1) is 5.92 Å². The van der Waals surface area contributed by atoms with Crippen LogP contribution in [0.15, 0.2) is 36.5 Å². The molecule has 1 heterocycles. The molecule has 3 N–H and O–H groups in total. The Kier molecular flexibility index (Phi) is 5.42. The summed E-state index contributed by atoms with van der Waals surface area (Å²) in [4.78, 5) is 24.2. The van der Waals surface area contributed by atoms with Crippen molar-refractivity contribution in [2.24, 2.45) is 11.7 Å². The average molecular weight is 341 g/mol. The molecule has 2 amide bonds. The number of hydrogen-bond donors (Lipinski definition) is 2. The van der Waals surface area contributed by atoms with Crippen molar-refractivity contribution >= 4 is 11.8 Å². The maximum atomic E-state index is 12.5. The molecule has 0 aliphatic heterocycles. The molecule has 3 rings (SSSR count). The first-order chi connectivity index (χ1) is 12.1. The first kappa shape index (κ1) is 17.1. The lowest BCUT2D eigenvalue weighted by Crippen LogP contribution is -2.45. The number of benzene rings is 1. The first-order valence-corrected chi connectivity index (χ1v) is 8.68. The van der Waals surface area contributed by atoms with Gasteiger partial charge in [0.25, 0.3) is 5.91 Å². The second kappa shape index (κ2) is 7.92. The Labute approximate surface area is 146 Å². The van der Waals surface area contributed by atoms with E-state index in [1.807, 2.05) is 30.3 Å². The lowest BCUT2D eigenvalue weighted by Gasteiger charge is -2.23. The predicted molar refractivity (Wildman–Crippen MR) is 92.6 cm³/mol. The molecule has 0 radical (unpaired) electrons. The minimum Gasteiger partial charge on any atom is -0.369 e. The van der Waals surface area contributed by atoms with Crippen molar-refractivity contribution in [2.45, 2.75) is 44.7 Å². The largest absolute Gasteiger partial charge is 0.369 e. The van der Waals surface area contributed by atoms with Crippen molar-refractivity contribution in [1.82, 2.24) is 20.3 Å². The van der Waals surface area contributed by atoms with Crippen LogP contribution in [0.4, 0.5) is 0 Å². The van der Waals surface area contributed by atoms with E-state index in [4.69, 9.17) is 5.73 Å². The average Bonchev–Trinajstić information content (AvgIpc) is 2.94. The zero-order valence-electron chi connectivity index (χ0n) is 14.1. The summed E-state index contributed by atoms with van der Waals surface area (Å²) >= 11 is 0. The van der Waals surface area contributed by atoms with Crippen LogP contribution < -0.4 is 11.1 Å². The number of nitrogens with one attached hydrogen (secondary N) is 1. The molecule has 2 aromatic rings. The molecular formula is C18H23N5O2. The monoisotopic (exact) mass is 341 g/mol. The molecule has 25 heavy (non-hydrogen) atoms. The lowest BCUT2D eigenvalue weighted by atomic mass is 9.94. The number of primary amides is 1. The van der Waals surface area contributed by atoms with Crippen LogP contribution in [0.3, 0.4) is 0 Å². The Morgan fingerprint density at radius 2 is 1.92 bits per heavy atom. The SMILES string of the molecule is NC(=O)C1CCCCCC1NC(=O)c1cn(Cc2ccccc2)nn1. The highest BCUT2D eigenvalue weighted by molar-refractivity contribution is 5.92. The summed E-state index contributed by atoms with van der Waals surface area (Å²) in [6.07, 6.45) is 6.11. The molecule has 0 bridgehead atoms. The lowest BCUT2D eigenvalue weighted by molar-refractivity contribution is -0.122. The predicted octanol–water partition coefficient (Wildman–Crippen LogP) is 1.49. The molecule has 2 atom stereocenters. The Morgan fingerprint density at radius 3 is 2.68 bits per heavy atom. The molecule has 1 aliphatic carbocycles. The van der Waals surface area contributed by atoms with Gasteiger partial charge in [0, 0.05) is 6.04 Å². The third-order valence-electron chi connectivity index (χ3n) is 4.66. The number of nitrogens with two attached hydrogens (primary N) is 1. The summed E-state index contributed by atoms with van der Waals surface area (Å²) in [5, 5.41) is 10.9. The molecule has 1 fully saturated rings. The zero-order valence-corrected chi connectivity index (χ0v) is 14.1. The van der Waals surface area contributed by atoms with Crippen molar-refractivity contribution < 1.29 is 9.59 Å². The summed E-state index contributed by atoms with van der Waals surface area (Å²) < 4.78 is 1.63. The second-order valence-electron chi connectivity index (χ2n) is 6.51. The van der Waals surface area contributed by atoms with Crippen molar-refractivity contribution in [3.8, 4) is 0 Å². The summed E-state index contributed by atoms with van der Waals surface area (Å²) in [6, 6.07) is 9.61. The van der Waals surface area contributed by atoms with Crippen molar-refractivity contribution in [1.29, 1.82) is 0 Å². The van der Waals surface area contributed by atoms with Crippen LogP contribution in [-0.4, -0.2) is 32.9 Å². The van der Waals surface area contributed by atoms with Crippen LogP contribution in [0.5, 0.6) is 0 Å². The van der Waals surface area contributed by atoms with E-state index >= 15 is 0 Å². The van der Waals surface area contributed by atoms with Gasteiger partial charge in [-0.05, 0) is 18.4 Å². The Bertz CT molecular complexity index is 728. The molecule has 1 saturated carbocycles. The van der Waals surface area contributed by atoms with Gasteiger partial charge in [-0.1, -0.05) is 54.8 Å². The molecule has 1 aromatic carbocycles. The number of hydrogen-bond acceptors (Lipinski definition) is 4. The number of carbonyl (C=O) groups excluding carboxylic acids is 2. The van der Waals surface area contributed by atoms with Crippen LogP contribution in [0.2, 0.25) is 0 Å². The van der Waals surface area contributed by atoms with Gasteiger partial charge in [-0.2, -0.15) is 0 Å². The van der Waals surface area contributed by atoms with Crippen molar-refractivity contribution in [3.05, 3.63) is 47.8 Å². The third kappa shape index (κ3) is 4.43. The maximum Gasteiger partial charge on any atom is 0.273 e. The summed E-state index contributed by atoms with van der Waals surface area (Å²) in [5.41, 5.74) is 6.84. The van der Waals surface area contributed by atoms with Gasteiger partial charge in [0.2, 0.25) is 5.91 Å². The fourth-order valence-electron chi connectivity index (χ4n) is 3.31. The van der Waals surface area contributed by atoms with Gasteiger partial charge < -0.3 is 11.1 Å². The van der Waals surface area contributed by atoms with Gasteiger partial charge in [0.1, 0.15) is 0 Å². The fraction of sp³-hybridized carbons (Fsp3) is 0.444. The zero-order chi connectivity index (χ0) is 17.6. The fourth-order valence-corrected chi connectivity index (χ4v) is 3.31. The van der Waals surface area contributed by atoms with E-state index < -0.39 is 0 Å². The van der Waals surface area contributed by atoms with E-state index in [9.17, 15) is 9.59 Å². The van der Waals surface area contributed by atoms with E-state index in [2.05, 4.69) is 15.6 Å². The Balaban J connectivity index is 1.65. The van der Waals surface area contributed by atoms with Crippen molar-refractivity contribution in [2.75, 3.05) is 0 Å². The maximum absolute atomic E-state index is 12.5. The molecule has 1 aromatic heterocycles. The Hall–Kier alpha value is -2.70. The third-order valence-corrected chi connectivity index (χ3v) is 4.66. The van der Waals surface area contributed by atoms with E-state index in [1.165, 1.54) is 0 Å². The van der Waals surface area contributed by atoms with Crippen LogP contribution in [-0.2, 0) is 11.3 Å². The molecule has 7 nitrogen and oxygen atoms in total. The smallest absolute Gasteiger partial charge is 0.273 e. The van der Waals surface area contributed by atoms with Gasteiger partial charge in [0.15, 0.2) is 5.69 Å². The summed E-state index contributed by atoms with van der Waals surface area (Å²) in [6.45, 7) is 0.550. The van der Waals surface area contributed by atoms with Crippen molar-refractivity contribution in [3.63, 3.8) is 0 Å². The van der Waals surface area contributed by atoms with Crippen LogP contribution in [0.25, 0.3) is 0 Å². The molecule has 2 unspecified atom stereocenters. The second-order valence-corrected chi connectivity index (χ2v) is 6.51. The van der Waals surface area contributed by atoms with Gasteiger partial charge >= 0.3 is 0 Å². The summed E-state index contributed by atoms with van der Waals surface area (Å²) in [7, 11) is 0. The molecule has 0 spiro atoms. The minimum atomic E-state index is -0.347. The number of amides is 2. The summed E-state index contributed by atoms with van der Waals surface area (Å²) in [5.74, 6) is -0.969. The highest BCUT2D eigenvalue weighted by Crippen LogP contribution is 2.23. The molecule has 7 heteroatoms. The standard InChI is InChI=1S/C18H23N5O2/c19-17(24)14-9-5-2-6-10-15(14)20-18(25)16-12-23(22-21-16)11-13-7-3-1-4-8-13/h1,3-4,7-8,12,14-15H,2,5-6,9-11H2,(H2,19,24)(H,20,25).